The fraction of sp³-hybridized carbons (Fsp3) is 0.550. The highest BCUT2D eigenvalue weighted by Gasteiger charge is 2.17. The normalized spacial score (nSPS) is 15.8. The van der Waals surface area contributed by atoms with Crippen LogP contribution in [0.5, 0.6) is 11.5 Å². The zero-order valence-electron chi connectivity index (χ0n) is 16.0. The first-order chi connectivity index (χ1) is 13.2. The van der Waals surface area contributed by atoms with E-state index in [2.05, 4.69) is 15.3 Å². The molecule has 0 bridgehead atoms. The van der Waals surface area contributed by atoms with Crippen LogP contribution in [0.4, 0.5) is 0 Å². The molecule has 0 spiro atoms. The molecule has 1 aromatic carbocycles. The molecule has 1 aliphatic heterocycles. The van der Waals surface area contributed by atoms with Gasteiger partial charge in [-0.3, -0.25) is 4.68 Å². The van der Waals surface area contributed by atoms with E-state index in [1.54, 1.807) is 13.3 Å². The summed E-state index contributed by atoms with van der Waals surface area (Å²) in [6.45, 7) is 5.46. The molecule has 2 aromatic rings. The van der Waals surface area contributed by atoms with Crippen molar-refractivity contribution in [2.24, 2.45) is 0 Å². The number of β-amino-alcohol motifs (C(OH)–C–C–N with tert-alkyl or cyclic N) is 1. The average molecular weight is 374 g/mol. The molecule has 0 radical (unpaired) electrons. The molecule has 7 nitrogen and oxygen atoms in total. The maximum atomic E-state index is 10.2. The molecule has 1 saturated heterocycles. The van der Waals surface area contributed by atoms with E-state index in [0.29, 0.717) is 18.0 Å². The minimum atomic E-state index is -0.497. The summed E-state index contributed by atoms with van der Waals surface area (Å²) in [7, 11) is 1.63. The van der Waals surface area contributed by atoms with E-state index in [0.717, 1.165) is 38.3 Å². The monoisotopic (exact) mass is 374 g/mol. The van der Waals surface area contributed by atoms with Crippen molar-refractivity contribution < 1.29 is 14.6 Å². The molecular weight excluding hydrogens is 344 g/mol. The molecule has 1 unspecified atom stereocenters. The molecule has 1 atom stereocenters. The number of nitrogens with zero attached hydrogens (tertiary/aromatic N) is 3. The number of rotatable bonds is 11. The molecule has 2 heterocycles. The Bertz CT molecular complexity index is 672. The number of ether oxygens (including phenoxy) is 2. The summed E-state index contributed by atoms with van der Waals surface area (Å²) in [5.41, 5.74) is 1.11. The fourth-order valence-electron chi connectivity index (χ4n) is 3.30. The van der Waals surface area contributed by atoms with Crippen molar-refractivity contribution in [3.05, 3.63) is 42.2 Å². The number of nitrogens with one attached hydrogen (secondary N) is 1. The molecule has 1 aliphatic rings. The van der Waals surface area contributed by atoms with Gasteiger partial charge < -0.3 is 24.8 Å². The van der Waals surface area contributed by atoms with E-state index in [-0.39, 0.29) is 6.61 Å². The zero-order valence-corrected chi connectivity index (χ0v) is 16.0. The van der Waals surface area contributed by atoms with Gasteiger partial charge >= 0.3 is 0 Å². The van der Waals surface area contributed by atoms with Crippen molar-refractivity contribution in [1.82, 2.24) is 20.0 Å². The van der Waals surface area contributed by atoms with Gasteiger partial charge in [-0.15, -0.1) is 0 Å². The summed E-state index contributed by atoms with van der Waals surface area (Å²) < 4.78 is 13.2. The Morgan fingerprint density at radius 1 is 1.26 bits per heavy atom. The van der Waals surface area contributed by atoms with Gasteiger partial charge in [0.2, 0.25) is 0 Å². The van der Waals surface area contributed by atoms with Crippen molar-refractivity contribution in [3.63, 3.8) is 0 Å². The lowest BCUT2D eigenvalue weighted by Gasteiger charge is -2.20. The molecule has 27 heavy (non-hydrogen) atoms. The number of methoxy groups -OCH3 is 1. The Labute approximate surface area is 160 Å². The Hall–Kier alpha value is -2.09. The molecule has 3 rings (SSSR count). The van der Waals surface area contributed by atoms with E-state index < -0.39 is 6.10 Å². The lowest BCUT2D eigenvalue weighted by Crippen LogP contribution is -2.33. The van der Waals surface area contributed by atoms with Crippen molar-refractivity contribution in [2.45, 2.75) is 32.0 Å². The Morgan fingerprint density at radius 3 is 2.85 bits per heavy atom. The summed E-state index contributed by atoms with van der Waals surface area (Å²) in [5, 5.41) is 17.8. The van der Waals surface area contributed by atoms with Crippen LogP contribution < -0.4 is 14.8 Å². The highest BCUT2D eigenvalue weighted by Crippen LogP contribution is 2.28. The maximum Gasteiger partial charge on any atom is 0.161 e. The molecule has 0 saturated carbocycles. The third-order valence-corrected chi connectivity index (χ3v) is 4.73. The van der Waals surface area contributed by atoms with Gasteiger partial charge in [0, 0.05) is 32.0 Å². The predicted octanol–water partition coefficient (Wildman–Crippen LogP) is 1.52. The van der Waals surface area contributed by atoms with Crippen molar-refractivity contribution in [1.29, 1.82) is 0 Å². The summed E-state index contributed by atoms with van der Waals surface area (Å²) in [5.74, 6) is 1.35. The number of benzene rings is 1. The lowest BCUT2D eigenvalue weighted by molar-refractivity contribution is 0.0746. The minimum Gasteiger partial charge on any atom is -0.493 e. The third kappa shape index (κ3) is 6.23. The van der Waals surface area contributed by atoms with Crippen LogP contribution in [0.15, 0.2) is 36.7 Å². The van der Waals surface area contributed by atoms with Crippen LogP contribution in [0.2, 0.25) is 0 Å². The number of aliphatic hydroxyl groups excluding tert-OH is 1. The van der Waals surface area contributed by atoms with Crippen LogP contribution >= 0.6 is 0 Å². The van der Waals surface area contributed by atoms with E-state index in [1.165, 1.54) is 12.8 Å². The van der Waals surface area contributed by atoms with Gasteiger partial charge in [-0.25, -0.2) is 0 Å². The predicted molar refractivity (Wildman–Crippen MR) is 104 cm³/mol. The second kappa shape index (κ2) is 10.3. The fourth-order valence-corrected chi connectivity index (χ4v) is 3.30. The number of hydrogen-bond donors (Lipinski definition) is 2. The Kier molecular flexibility index (Phi) is 7.50. The van der Waals surface area contributed by atoms with E-state index in [9.17, 15) is 5.11 Å². The van der Waals surface area contributed by atoms with E-state index in [1.807, 2.05) is 35.1 Å². The molecule has 148 valence electrons. The first-order valence-corrected chi connectivity index (χ1v) is 9.63. The summed E-state index contributed by atoms with van der Waals surface area (Å²) >= 11 is 0. The van der Waals surface area contributed by atoms with Crippen LogP contribution in [-0.2, 0) is 13.1 Å². The van der Waals surface area contributed by atoms with Crippen molar-refractivity contribution in [3.8, 4) is 11.5 Å². The summed E-state index contributed by atoms with van der Waals surface area (Å²) in [4.78, 5) is 2.28. The first kappa shape index (κ1) is 19.7. The third-order valence-electron chi connectivity index (χ3n) is 4.73. The van der Waals surface area contributed by atoms with E-state index >= 15 is 0 Å². The van der Waals surface area contributed by atoms with Crippen molar-refractivity contribution >= 4 is 0 Å². The van der Waals surface area contributed by atoms with Gasteiger partial charge in [0.15, 0.2) is 11.5 Å². The number of aromatic nitrogens is 2. The molecule has 1 fully saturated rings. The first-order valence-electron chi connectivity index (χ1n) is 9.63. The molecule has 0 aliphatic carbocycles. The van der Waals surface area contributed by atoms with Gasteiger partial charge in [0.1, 0.15) is 12.7 Å². The second-order valence-corrected chi connectivity index (χ2v) is 6.90. The van der Waals surface area contributed by atoms with Crippen molar-refractivity contribution in [2.75, 3.05) is 39.9 Å². The number of hydrogen-bond acceptors (Lipinski definition) is 6. The van der Waals surface area contributed by atoms with Gasteiger partial charge in [0.05, 0.1) is 13.7 Å². The molecule has 0 amide bonds. The maximum absolute atomic E-state index is 10.2. The average Bonchev–Trinajstić information content (AvgIpc) is 3.38. The summed E-state index contributed by atoms with van der Waals surface area (Å²) in [6.07, 6.45) is 5.68. The quantitative estimate of drug-likeness (QED) is 0.581. The Balaban J connectivity index is 1.46. The molecular formula is C20H30N4O3. The lowest BCUT2D eigenvalue weighted by atomic mass is 10.2. The molecule has 7 heteroatoms. The highest BCUT2D eigenvalue weighted by molar-refractivity contribution is 5.43. The van der Waals surface area contributed by atoms with Crippen LogP contribution in [-0.4, -0.2) is 65.8 Å². The van der Waals surface area contributed by atoms with Gasteiger partial charge in [-0.2, -0.15) is 5.10 Å². The van der Waals surface area contributed by atoms with Crippen LogP contribution in [0, 0.1) is 0 Å². The summed E-state index contributed by atoms with van der Waals surface area (Å²) in [6, 6.07) is 7.83. The largest absolute Gasteiger partial charge is 0.493 e. The van der Waals surface area contributed by atoms with Gasteiger partial charge in [0.25, 0.3) is 0 Å². The number of aliphatic hydroxyl groups is 1. The molecule has 2 N–H and O–H groups in total. The van der Waals surface area contributed by atoms with Crippen LogP contribution in [0.25, 0.3) is 0 Å². The van der Waals surface area contributed by atoms with Gasteiger partial charge in [-0.1, -0.05) is 6.07 Å². The highest BCUT2D eigenvalue weighted by atomic mass is 16.5. The Morgan fingerprint density at radius 2 is 2.11 bits per heavy atom. The SMILES string of the molecule is COc1ccc(CNCCn2cccn2)cc1OCC(O)CN1CCCC1. The minimum absolute atomic E-state index is 0.267. The van der Waals surface area contributed by atoms with Crippen LogP contribution in [0.1, 0.15) is 18.4 Å². The second-order valence-electron chi connectivity index (χ2n) is 6.90. The van der Waals surface area contributed by atoms with E-state index in [4.69, 9.17) is 9.47 Å². The number of likely N-dealkylation sites (tertiary alicyclic amines) is 1. The smallest absolute Gasteiger partial charge is 0.161 e. The zero-order chi connectivity index (χ0) is 18.9. The van der Waals surface area contributed by atoms with Crippen LogP contribution in [0.3, 0.4) is 0 Å². The van der Waals surface area contributed by atoms with Gasteiger partial charge in [-0.05, 0) is 49.7 Å². The molecule has 1 aromatic heterocycles. The standard InChI is InChI=1S/C20H30N4O3/c1-26-19-6-5-17(14-21-8-12-24-11-4-7-22-24)13-20(19)27-16-18(25)15-23-9-2-3-10-23/h4-7,11,13,18,21,25H,2-3,8-10,12,14-16H2,1H3. The topological polar surface area (TPSA) is 71.8 Å².